The van der Waals surface area contributed by atoms with Crippen molar-refractivity contribution in [2.24, 2.45) is 17.9 Å². The van der Waals surface area contributed by atoms with Crippen LogP contribution >= 0.6 is 11.3 Å². The number of amides is 2. The smallest absolute Gasteiger partial charge is 0.276 e. The number of nitrogens with two attached hydrogens (primary N) is 2. The van der Waals surface area contributed by atoms with Crippen LogP contribution in [0.15, 0.2) is 41.1 Å². The minimum absolute atomic E-state index is 0.0221. The lowest BCUT2D eigenvalue weighted by Crippen LogP contribution is -2.76. The molecule has 16 nitrogen and oxygen atoms in total. The van der Waals surface area contributed by atoms with E-state index in [2.05, 4.69) is 42.9 Å². The van der Waals surface area contributed by atoms with Crippen LogP contribution in [0.1, 0.15) is 37.9 Å². The summed E-state index contributed by atoms with van der Waals surface area (Å²) in [5.41, 5.74) is 13.2. The number of thiazole rings is 1. The van der Waals surface area contributed by atoms with E-state index in [9.17, 15) is 22.6 Å². The van der Waals surface area contributed by atoms with E-state index in [4.69, 9.17) is 21.0 Å². The second-order valence-corrected chi connectivity index (χ2v) is 13.0. The molecule has 3 aromatic rings. The van der Waals surface area contributed by atoms with Gasteiger partial charge in [-0.05, 0) is 62.9 Å². The number of aryl methyl sites for hydroxylation is 3. The summed E-state index contributed by atoms with van der Waals surface area (Å²) < 4.78 is 47.5. The third kappa shape index (κ3) is 7.09. The molecule has 0 spiro atoms. The van der Waals surface area contributed by atoms with Crippen LogP contribution in [-0.2, 0) is 49.1 Å². The summed E-state index contributed by atoms with van der Waals surface area (Å²) in [6.45, 7) is 4.32. The number of anilines is 1. The summed E-state index contributed by atoms with van der Waals surface area (Å²) in [4.78, 5) is 35.3. The molecule has 4 heterocycles. The van der Waals surface area contributed by atoms with Crippen LogP contribution in [0.3, 0.4) is 0 Å². The van der Waals surface area contributed by atoms with E-state index in [1.54, 1.807) is 0 Å². The number of hydrogen-bond donors (Lipinski definition) is 3. The van der Waals surface area contributed by atoms with E-state index in [1.807, 2.05) is 23.9 Å². The zero-order chi connectivity index (χ0) is 32.5. The highest BCUT2D eigenvalue weighted by molar-refractivity contribution is 7.80. The van der Waals surface area contributed by atoms with Gasteiger partial charge in [-0.3, -0.25) is 9.59 Å². The molecule has 0 bridgehead atoms. The Morgan fingerprint density at radius 3 is 2.80 bits per heavy atom. The molecule has 5 N–H and O–H groups in total. The Labute approximate surface area is 263 Å². The Morgan fingerprint density at radius 1 is 1.36 bits per heavy atom. The largest absolute Gasteiger partial charge is 0.724 e. The molecule has 0 aliphatic carbocycles. The summed E-state index contributed by atoms with van der Waals surface area (Å²) >= 11 is 1.08. The monoisotopic (exact) mass is 662 g/mol. The van der Waals surface area contributed by atoms with Gasteiger partial charge in [-0.25, -0.2) is 13.4 Å². The van der Waals surface area contributed by atoms with Gasteiger partial charge in [0.2, 0.25) is 16.6 Å². The van der Waals surface area contributed by atoms with Crippen LogP contribution < -0.4 is 26.2 Å². The predicted molar refractivity (Wildman–Crippen MR) is 160 cm³/mol. The third-order valence-electron chi connectivity index (χ3n) is 7.55. The molecule has 1 fully saturated rings. The van der Waals surface area contributed by atoms with Gasteiger partial charge in [0, 0.05) is 5.38 Å². The lowest BCUT2D eigenvalue weighted by molar-refractivity contribution is -0.753. The molecule has 1 aromatic carbocycles. The van der Waals surface area contributed by atoms with Crippen LogP contribution in [0.4, 0.5) is 5.13 Å². The van der Waals surface area contributed by atoms with Crippen LogP contribution in [0.25, 0.3) is 11.1 Å². The maximum Gasteiger partial charge on any atom is 0.276 e. The molecule has 2 aliphatic rings. The van der Waals surface area contributed by atoms with Gasteiger partial charge >= 0.3 is 0 Å². The third-order valence-corrected chi connectivity index (χ3v) is 8.55. The standard InChI is InChI=1S/C27H34N8O8S2/c1-27(2)23(25(37)35(27)43-45(38,39)40)31-24(36)22(20-15-44-26(29)30-20)32-41-14-19-7-5-17-11-16(6-8-21(17)42-19)18-12-33(3)34(13-18)10-4-9-28/h6,8,11-13,15,19,23H,4-5,7,9-10,14,28H2,1-3H3,(H3-,29,30,31,36,38,39,40)/b32-22-. The fourth-order valence-corrected chi connectivity index (χ4v) is 6.12. The zero-order valence-electron chi connectivity index (χ0n) is 24.8. The number of fused-ring (bicyclic) bond motifs is 1. The molecule has 18 heteroatoms. The number of hydroxylamine groups is 2. The Hall–Kier alpha value is -4.10. The first-order valence-corrected chi connectivity index (χ1v) is 16.3. The first-order valence-electron chi connectivity index (χ1n) is 14.0. The van der Waals surface area contributed by atoms with Crippen molar-refractivity contribution in [1.29, 1.82) is 0 Å². The first kappa shape index (κ1) is 32.3. The fraction of sp³-hybridized carbons (Fsp3) is 0.444. The second kappa shape index (κ2) is 12.7. The number of ether oxygens (including phenoxy) is 1. The summed E-state index contributed by atoms with van der Waals surface area (Å²) in [6.07, 6.45) is 6.10. The van der Waals surface area contributed by atoms with Crippen molar-refractivity contribution in [1.82, 2.24) is 20.0 Å². The number of benzene rings is 1. The van der Waals surface area contributed by atoms with E-state index < -0.39 is 33.8 Å². The van der Waals surface area contributed by atoms with Crippen molar-refractivity contribution in [2.45, 2.75) is 57.3 Å². The van der Waals surface area contributed by atoms with Crippen molar-refractivity contribution in [3.63, 3.8) is 0 Å². The average Bonchev–Trinajstić information content (AvgIpc) is 3.59. The second-order valence-electron chi connectivity index (χ2n) is 11.2. The normalized spacial score (nSPS) is 19.4. The molecule has 0 radical (unpaired) electrons. The van der Waals surface area contributed by atoms with Crippen LogP contribution in [0.2, 0.25) is 0 Å². The minimum Gasteiger partial charge on any atom is -0.724 e. The summed E-state index contributed by atoms with van der Waals surface area (Å²) in [5.74, 6) is -1.03. The molecule has 1 saturated heterocycles. The Morgan fingerprint density at radius 2 is 2.13 bits per heavy atom. The number of rotatable bonds is 12. The number of hydrogen-bond acceptors (Lipinski definition) is 13. The maximum absolute atomic E-state index is 13.2. The highest BCUT2D eigenvalue weighted by Crippen LogP contribution is 2.34. The van der Waals surface area contributed by atoms with E-state index in [1.165, 1.54) is 19.2 Å². The summed E-state index contributed by atoms with van der Waals surface area (Å²) in [7, 11) is -3.20. The number of β-lactam (4-membered cyclic amide) rings is 1. The van der Waals surface area contributed by atoms with Crippen molar-refractivity contribution in [3.8, 4) is 16.9 Å². The van der Waals surface area contributed by atoms with Gasteiger partial charge in [0.25, 0.3) is 11.8 Å². The molecule has 0 saturated carbocycles. The average molecular weight is 663 g/mol. The molecule has 45 heavy (non-hydrogen) atoms. The van der Waals surface area contributed by atoms with Gasteiger partial charge in [-0.2, -0.15) is 14.0 Å². The number of nitrogen functional groups attached to an aromatic ring is 1. The maximum atomic E-state index is 13.2. The van der Waals surface area contributed by atoms with Gasteiger partial charge in [0.05, 0.1) is 23.8 Å². The van der Waals surface area contributed by atoms with E-state index >= 15 is 0 Å². The molecular formula is C27H34N8O8S2. The van der Waals surface area contributed by atoms with E-state index in [0.29, 0.717) is 18.0 Å². The lowest BCUT2D eigenvalue weighted by atomic mass is 9.84. The van der Waals surface area contributed by atoms with E-state index in [-0.39, 0.29) is 29.2 Å². The number of oxime groups is 1. The summed E-state index contributed by atoms with van der Waals surface area (Å²) in [5, 5.41) is 8.56. The van der Waals surface area contributed by atoms with Gasteiger partial charge in [0.15, 0.2) is 24.5 Å². The molecular weight excluding hydrogens is 628 g/mol. The van der Waals surface area contributed by atoms with Crippen LogP contribution in [0, 0.1) is 0 Å². The van der Waals surface area contributed by atoms with E-state index in [0.717, 1.165) is 53.2 Å². The Kier molecular flexibility index (Phi) is 9.13. The minimum atomic E-state index is -5.20. The molecule has 2 aromatic heterocycles. The molecule has 2 atom stereocenters. The van der Waals surface area contributed by atoms with Crippen molar-refractivity contribution in [2.75, 3.05) is 18.9 Å². The molecule has 2 amide bonds. The van der Waals surface area contributed by atoms with Crippen molar-refractivity contribution >= 4 is 44.4 Å². The molecule has 2 unspecified atom stereocenters. The zero-order valence-corrected chi connectivity index (χ0v) is 26.5. The molecule has 242 valence electrons. The number of carbonyl (C=O) groups is 2. The predicted octanol–water partition coefficient (Wildman–Crippen LogP) is -0.0210. The molecule has 2 aliphatic heterocycles. The van der Waals surface area contributed by atoms with Gasteiger partial charge in [-0.15, -0.1) is 16.0 Å². The van der Waals surface area contributed by atoms with Crippen LogP contribution in [-0.4, -0.2) is 76.1 Å². The summed E-state index contributed by atoms with van der Waals surface area (Å²) in [6, 6.07) is 4.82. The van der Waals surface area contributed by atoms with Gasteiger partial charge in [0.1, 0.15) is 23.6 Å². The number of nitrogens with zero attached hydrogens (tertiary/aromatic N) is 5. The van der Waals surface area contributed by atoms with Gasteiger partial charge < -0.3 is 30.9 Å². The fourth-order valence-electron chi connectivity index (χ4n) is 5.13. The highest BCUT2D eigenvalue weighted by atomic mass is 32.3. The Balaban J connectivity index is 1.23. The lowest BCUT2D eigenvalue weighted by Gasteiger charge is -2.51. The first-order chi connectivity index (χ1) is 21.3. The topological polar surface area (TPSA) is 220 Å². The SMILES string of the molecule is C[n+]1cc(-c2ccc3c(c2)CCC(CO/N=C(\C(=O)NC2C(=O)N(OS(=O)(=O)[O-])C2(C)C)c2csc(N)n2)O3)cn1CCCN. The number of aromatic nitrogens is 3. The molecule has 5 rings (SSSR count). The van der Waals surface area contributed by atoms with Gasteiger partial charge in [-0.1, -0.05) is 11.2 Å². The van der Waals surface area contributed by atoms with Crippen LogP contribution in [0.5, 0.6) is 5.75 Å². The quantitative estimate of drug-likeness (QED) is 0.0584. The van der Waals surface area contributed by atoms with Crippen molar-refractivity contribution < 1.29 is 41.1 Å². The number of carbonyl (C=O) groups excluding carboxylic acids is 2. The number of nitrogens with one attached hydrogen (secondary N) is 1. The highest BCUT2D eigenvalue weighted by Gasteiger charge is 2.57. The Bertz CT molecular complexity index is 1740. The van der Waals surface area contributed by atoms with Crippen molar-refractivity contribution in [3.05, 3.63) is 47.2 Å².